The van der Waals surface area contributed by atoms with Gasteiger partial charge in [0, 0.05) is 19.8 Å². The highest BCUT2D eigenvalue weighted by atomic mass is 19.1. The number of ether oxygens (including phenoxy) is 1. The Hall–Kier alpha value is -2.73. The van der Waals surface area contributed by atoms with E-state index in [1.807, 2.05) is 0 Å². The van der Waals surface area contributed by atoms with Crippen molar-refractivity contribution < 1.29 is 23.8 Å². The van der Waals surface area contributed by atoms with Crippen molar-refractivity contribution in [2.75, 3.05) is 13.2 Å². The zero-order valence-corrected chi connectivity index (χ0v) is 14.2. The highest BCUT2D eigenvalue weighted by Gasteiger charge is 2.41. The average molecular weight is 357 g/mol. The van der Waals surface area contributed by atoms with Crippen LogP contribution in [0.2, 0.25) is 0 Å². The molecule has 2 aromatic carbocycles. The summed E-state index contributed by atoms with van der Waals surface area (Å²) < 4.78 is 18.7. The lowest BCUT2D eigenvalue weighted by Gasteiger charge is -2.36. The van der Waals surface area contributed by atoms with E-state index in [0.29, 0.717) is 31.6 Å². The molecule has 0 saturated carbocycles. The summed E-state index contributed by atoms with van der Waals surface area (Å²) in [5.41, 5.74) is 0.880. The highest BCUT2D eigenvalue weighted by molar-refractivity contribution is 5.89. The summed E-state index contributed by atoms with van der Waals surface area (Å²) in [7, 11) is 0. The van der Waals surface area contributed by atoms with Crippen LogP contribution in [0.5, 0.6) is 0 Å². The first-order valence-electron chi connectivity index (χ1n) is 8.46. The first-order valence-corrected chi connectivity index (χ1v) is 8.46. The third-order valence-electron chi connectivity index (χ3n) is 4.80. The second-order valence-electron chi connectivity index (χ2n) is 6.39. The maximum Gasteiger partial charge on any atom is 0.335 e. The molecule has 0 atom stereocenters. The summed E-state index contributed by atoms with van der Waals surface area (Å²) in [5, 5.41) is 12.0. The topological polar surface area (TPSA) is 75.6 Å². The monoisotopic (exact) mass is 357 g/mol. The molecule has 1 aliphatic heterocycles. The molecule has 0 aliphatic carbocycles. The zero-order valence-electron chi connectivity index (χ0n) is 14.2. The second-order valence-corrected chi connectivity index (χ2v) is 6.39. The molecule has 0 spiro atoms. The van der Waals surface area contributed by atoms with E-state index in [2.05, 4.69) is 5.32 Å². The molecule has 1 amide bonds. The molecular formula is C20H20FNO4. The molecule has 6 heteroatoms. The SMILES string of the molecule is O=C(O)c1cccc(CNC(=O)C2(c3ccc(F)cc3)CCOCC2)c1. The van der Waals surface area contributed by atoms with E-state index < -0.39 is 11.4 Å². The molecule has 0 aromatic heterocycles. The van der Waals surface area contributed by atoms with E-state index in [9.17, 15) is 14.0 Å². The first-order chi connectivity index (χ1) is 12.5. The molecule has 136 valence electrons. The number of amides is 1. The van der Waals surface area contributed by atoms with Gasteiger partial charge >= 0.3 is 5.97 Å². The minimum atomic E-state index is -1.01. The summed E-state index contributed by atoms with van der Waals surface area (Å²) in [6.07, 6.45) is 1.03. The van der Waals surface area contributed by atoms with Crippen molar-refractivity contribution in [3.63, 3.8) is 0 Å². The van der Waals surface area contributed by atoms with Crippen LogP contribution in [0.15, 0.2) is 48.5 Å². The minimum absolute atomic E-state index is 0.159. The third-order valence-corrected chi connectivity index (χ3v) is 4.80. The lowest BCUT2D eigenvalue weighted by Crippen LogP contribution is -2.47. The number of rotatable bonds is 5. The quantitative estimate of drug-likeness (QED) is 0.863. The van der Waals surface area contributed by atoms with Crippen molar-refractivity contribution in [1.82, 2.24) is 5.32 Å². The molecule has 1 saturated heterocycles. The fraction of sp³-hybridized carbons (Fsp3) is 0.300. The van der Waals surface area contributed by atoms with Crippen molar-refractivity contribution in [3.8, 4) is 0 Å². The number of hydrogen-bond donors (Lipinski definition) is 2. The van der Waals surface area contributed by atoms with E-state index >= 15 is 0 Å². The zero-order chi connectivity index (χ0) is 18.6. The van der Waals surface area contributed by atoms with Crippen LogP contribution >= 0.6 is 0 Å². The molecule has 0 unspecified atom stereocenters. The van der Waals surface area contributed by atoms with E-state index in [1.54, 1.807) is 24.3 Å². The van der Waals surface area contributed by atoms with Gasteiger partial charge in [0.05, 0.1) is 11.0 Å². The number of carboxylic acids is 1. The van der Waals surface area contributed by atoms with Gasteiger partial charge in [-0.25, -0.2) is 9.18 Å². The normalized spacial score (nSPS) is 16.0. The summed E-state index contributed by atoms with van der Waals surface area (Å²) >= 11 is 0. The Kier molecular flexibility index (Phi) is 5.32. The third kappa shape index (κ3) is 3.75. The smallest absolute Gasteiger partial charge is 0.335 e. The van der Waals surface area contributed by atoms with E-state index in [-0.39, 0.29) is 23.8 Å². The molecule has 1 fully saturated rings. The van der Waals surface area contributed by atoms with Gasteiger partial charge in [0.1, 0.15) is 5.82 Å². The molecule has 26 heavy (non-hydrogen) atoms. The standard InChI is InChI=1S/C20H20FNO4/c21-17-6-4-16(5-7-17)20(8-10-26-11-9-20)19(25)22-13-14-2-1-3-15(12-14)18(23)24/h1-7,12H,8-11,13H2,(H,22,25)(H,23,24). The Labute approximate surface area is 150 Å². The highest BCUT2D eigenvalue weighted by Crippen LogP contribution is 2.35. The van der Waals surface area contributed by atoms with E-state index in [0.717, 1.165) is 5.56 Å². The van der Waals surface area contributed by atoms with Gasteiger partial charge in [0.2, 0.25) is 5.91 Å². The van der Waals surface area contributed by atoms with Crippen molar-refractivity contribution in [1.29, 1.82) is 0 Å². The largest absolute Gasteiger partial charge is 0.478 e. The van der Waals surface area contributed by atoms with Crippen LogP contribution in [0, 0.1) is 5.82 Å². The number of benzene rings is 2. The van der Waals surface area contributed by atoms with Crippen LogP contribution in [-0.4, -0.2) is 30.2 Å². The van der Waals surface area contributed by atoms with Crippen molar-refractivity contribution in [3.05, 3.63) is 71.0 Å². The van der Waals surface area contributed by atoms with Crippen LogP contribution in [0.3, 0.4) is 0 Å². The van der Waals surface area contributed by atoms with Crippen molar-refractivity contribution >= 4 is 11.9 Å². The Balaban J connectivity index is 1.79. The number of carbonyl (C=O) groups is 2. The lowest BCUT2D eigenvalue weighted by atomic mass is 9.73. The maximum atomic E-state index is 13.3. The van der Waals surface area contributed by atoms with Crippen LogP contribution in [-0.2, 0) is 21.5 Å². The molecule has 0 radical (unpaired) electrons. The molecule has 1 heterocycles. The number of hydrogen-bond acceptors (Lipinski definition) is 3. The van der Waals surface area contributed by atoms with Crippen LogP contribution in [0.4, 0.5) is 4.39 Å². The minimum Gasteiger partial charge on any atom is -0.478 e. The van der Waals surface area contributed by atoms with Gasteiger partial charge in [-0.05, 0) is 48.2 Å². The van der Waals surface area contributed by atoms with Gasteiger partial charge in [0.15, 0.2) is 0 Å². The van der Waals surface area contributed by atoms with Gasteiger partial charge in [0.25, 0.3) is 0 Å². The molecule has 3 rings (SSSR count). The average Bonchev–Trinajstić information content (AvgIpc) is 2.67. The van der Waals surface area contributed by atoms with E-state index in [4.69, 9.17) is 9.84 Å². The van der Waals surface area contributed by atoms with Gasteiger partial charge in [-0.15, -0.1) is 0 Å². The summed E-state index contributed by atoms with van der Waals surface area (Å²) in [6.45, 7) is 1.14. The molecule has 2 aromatic rings. The van der Waals surface area contributed by atoms with Crippen LogP contribution in [0.1, 0.15) is 34.3 Å². The molecule has 5 nitrogen and oxygen atoms in total. The lowest BCUT2D eigenvalue weighted by molar-refractivity contribution is -0.130. The van der Waals surface area contributed by atoms with Gasteiger partial charge in [-0.1, -0.05) is 24.3 Å². The maximum absolute atomic E-state index is 13.3. The number of aromatic carboxylic acids is 1. The number of carbonyl (C=O) groups excluding carboxylic acids is 1. The first kappa shape index (κ1) is 18.1. The Morgan fingerprint density at radius 2 is 1.81 bits per heavy atom. The Bertz CT molecular complexity index is 798. The van der Waals surface area contributed by atoms with Crippen molar-refractivity contribution in [2.45, 2.75) is 24.8 Å². The van der Waals surface area contributed by atoms with Gasteiger partial charge in [-0.2, -0.15) is 0 Å². The fourth-order valence-corrected chi connectivity index (χ4v) is 3.30. The predicted molar refractivity (Wildman–Crippen MR) is 93.4 cm³/mol. The Morgan fingerprint density at radius 1 is 1.12 bits per heavy atom. The van der Waals surface area contributed by atoms with Gasteiger partial charge in [-0.3, -0.25) is 4.79 Å². The van der Waals surface area contributed by atoms with Crippen molar-refractivity contribution in [2.24, 2.45) is 0 Å². The molecule has 2 N–H and O–H groups in total. The summed E-state index contributed by atoms with van der Waals surface area (Å²) in [5.74, 6) is -1.51. The molecular weight excluding hydrogens is 337 g/mol. The molecule has 1 aliphatic rings. The predicted octanol–water partition coefficient (Wildman–Crippen LogP) is 2.89. The molecule has 0 bridgehead atoms. The fourth-order valence-electron chi connectivity index (χ4n) is 3.30. The van der Waals surface area contributed by atoms with Crippen LogP contribution < -0.4 is 5.32 Å². The summed E-state index contributed by atoms with van der Waals surface area (Å²) in [4.78, 5) is 24.1. The number of halogens is 1. The Morgan fingerprint density at radius 3 is 2.46 bits per heavy atom. The second kappa shape index (κ2) is 7.66. The number of carboxylic acid groups (broad SMARTS) is 1. The van der Waals surface area contributed by atoms with Crippen LogP contribution in [0.25, 0.3) is 0 Å². The number of nitrogens with one attached hydrogen (secondary N) is 1. The van der Waals surface area contributed by atoms with Gasteiger partial charge < -0.3 is 15.2 Å². The summed E-state index contributed by atoms with van der Waals surface area (Å²) in [6, 6.07) is 12.5. The van der Waals surface area contributed by atoms with E-state index in [1.165, 1.54) is 24.3 Å².